The Labute approximate surface area is 158 Å². The molecule has 0 aliphatic rings. The topological polar surface area (TPSA) is 113 Å². The maximum Gasteiger partial charge on any atom is 0.326 e. The van der Waals surface area contributed by atoms with Crippen LogP contribution in [0.3, 0.4) is 0 Å². The van der Waals surface area contributed by atoms with E-state index in [4.69, 9.17) is 0 Å². The highest BCUT2D eigenvalue weighted by atomic mass is 32.2. The van der Waals surface area contributed by atoms with E-state index in [0.717, 1.165) is 6.42 Å². The predicted octanol–water partition coefficient (Wildman–Crippen LogP) is 2.86. The van der Waals surface area contributed by atoms with Gasteiger partial charge in [0.1, 0.15) is 6.04 Å². The van der Waals surface area contributed by atoms with Crippen LogP contribution in [-0.4, -0.2) is 31.4 Å². The second kappa shape index (κ2) is 9.18. The van der Waals surface area contributed by atoms with Crippen molar-refractivity contribution in [1.82, 2.24) is 5.32 Å². The van der Waals surface area contributed by atoms with Gasteiger partial charge in [-0.1, -0.05) is 44.0 Å². The van der Waals surface area contributed by atoms with Crippen molar-refractivity contribution in [3.63, 3.8) is 0 Å². The summed E-state index contributed by atoms with van der Waals surface area (Å²) in [6.07, 6.45) is 1.82. The summed E-state index contributed by atoms with van der Waals surface area (Å²) in [5, 5.41) is 11.7. The van der Waals surface area contributed by atoms with Gasteiger partial charge in [0.2, 0.25) is 0 Å². The molecule has 144 valence electrons. The minimum Gasteiger partial charge on any atom is -0.480 e. The summed E-state index contributed by atoms with van der Waals surface area (Å²) < 4.78 is 27.2. The van der Waals surface area contributed by atoms with Gasteiger partial charge in [0, 0.05) is 11.3 Å². The van der Waals surface area contributed by atoms with Gasteiger partial charge in [0.25, 0.3) is 15.9 Å². The van der Waals surface area contributed by atoms with E-state index in [1.165, 1.54) is 36.4 Å². The number of amides is 1. The van der Waals surface area contributed by atoms with Crippen molar-refractivity contribution < 1.29 is 23.1 Å². The number of unbranched alkanes of at least 4 members (excludes halogenated alkanes) is 1. The standard InChI is InChI=1S/C19H22N2O5S/c1-2-3-12-17(19(23)24)20-18(22)14-8-7-9-15(13-14)21-27(25,26)16-10-5-4-6-11-16/h4-11,13,17,21H,2-3,12H2,1H3,(H,20,22)(H,23,24)/t17-/m0/s1. The predicted molar refractivity (Wildman–Crippen MR) is 102 cm³/mol. The summed E-state index contributed by atoms with van der Waals surface area (Å²) >= 11 is 0. The monoisotopic (exact) mass is 390 g/mol. The number of hydrogen-bond acceptors (Lipinski definition) is 4. The molecule has 3 N–H and O–H groups in total. The van der Waals surface area contributed by atoms with E-state index in [0.29, 0.717) is 12.8 Å². The molecule has 0 aliphatic heterocycles. The van der Waals surface area contributed by atoms with E-state index in [9.17, 15) is 23.1 Å². The molecule has 7 nitrogen and oxygen atoms in total. The fourth-order valence-electron chi connectivity index (χ4n) is 2.44. The maximum absolute atomic E-state index is 12.4. The molecule has 27 heavy (non-hydrogen) atoms. The van der Waals surface area contributed by atoms with Crippen molar-refractivity contribution in [1.29, 1.82) is 0 Å². The van der Waals surface area contributed by atoms with Gasteiger partial charge in [-0.3, -0.25) is 9.52 Å². The molecule has 0 bridgehead atoms. The summed E-state index contributed by atoms with van der Waals surface area (Å²) in [7, 11) is -3.78. The van der Waals surface area contributed by atoms with Crippen molar-refractivity contribution in [3.05, 3.63) is 60.2 Å². The summed E-state index contributed by atoms with van der Waals surface area (Å²) in [4.78, 5) is 23.7. The fourth-order valence-corrected chi connectivity index (χ4v) is 3.52. The van der Waals surface area contributed by atoms with E-state index in [-0.39, 0.29) is 16.1 Å². The van der Waals surface area contributed by atoms with Gasteiger partial charge in [-0.15, -0.1) is 0 Å². The van der Waals surface area contributed by atoms with E-state index >= 15 is 0 Å². The Morgan fingerprint density at radius 3 is 2.41 bits per heavy atom. The molecule has 0 saturated carbocycles. The van der Waals surface area contributed by atoms with Gasteiger partial charge >= 0.3 is 5.97 Å². The third-order valence-electron chi connectivity index (χ3n) is 3.88. The molecule has 1 atom stereocenters. The van der Waals surface area contributed by atoms with Gasteiger partial charge in [-0.25, -0.2) is 13.2 Å². The number of carbonyl (C=O) groups is 2. The molecule has 2 rings (SSSR count). The molecule has 0 spiro atoms. The van der Waals surface area contributed by atoms with Crippen LogP contribution >= 0.6 is 0 Å². The molecule has 2 aromatic carbocycles. The number of carbonyl (C=O) groups excluding carboxylic acids is 1. The van der Waals surface area contributed by atoms with Gasteiger partial charge in [0.15, 0.2) is 0 Å². The lowest BCUT2D eigenvalue weighted by atomic mass is 10.1. The number of sulfonamides is 1. The quantitative estimate of drug-likeness (QED) is 0.609. The summed E-state index contributed by atoms with van der Waals surface area (Å²) in [5.74, 6) is -1.67. The highest BCUT2D eigenvalue weighted by Gasteiger charge is 2.20. The number of carboxylic acid groups (broad SMARTS) is 1. The van der Waals surface area contributed by atoms with Crippen molar-refractivity contribution in [2.45, 2.75) is 37.1 Å². The van der Waals surface area contributed by atoms with Crippen LogP contribution in [0.25, 0.3) is 0 Å². The van der Waals surface area contributed by atoms with Crippen LogP contribution in [-0.2, 0) is 14.8 Å². The Bertz CT molecular complexity index is 897. The molecule has 0 fully saturated rings. The minimum absolute atomic E-state index is 0.102. The van der Waals surface area contributed by atoms with Crippen LogP contribution < -0.4 is 10.0 Å². The van der Waals surface area contributed by atoms with Crippen LogP contribution in [0.15, 0.2) is 59.5 Å². The fraction of sp³-hybridized carbons (Fsp3) is 0.263. The Morgan fingerprint density at radius 1 is 1.07 bits per heavy atom. The molecular weight excluding hydrogens is 368 g/mol. The van der Waals surface area contributed by atoms with Crippen LogP contribution in [0.5, 0.6) is 0 Å². The van der Waals surface area contributed by atoms with Crippen molar-refractivity contribution in [3.8, 4) is 0 Å². The first-order valence-electron chi connectivity index (χ1n) is 8.55. The number of aliphatic carboxylic acids is 1. The maximum atomic E-state index is 12.4. The molecule has 1 amide bonds. The van der Waals surface area contributed by atoms with Crippen LogP contribution in [0.2, 0.25) is 0 Å². The second-order valence-corrected chi connectivity index (χ2v) is 7.69. The zero-order valence-electron chi connectivity index (χ0n) is 14.9. The summed E-state index contributed by atoms with van der Waals surface area (Å²) in [6, 6.07) is 12.8. The summed E-state index contributed by atoms with van der Waals surface area (Å²) in [5.41, 5.74) is 0.387. The highest BCUT2D eigenvalue weighted by Crippen LogP contribution is 2.17. The van der Waals surface area contributed by atoms with E-state index in [1.54, 1.807) is 18.2 Å². The third-order valence-corrected chi connectivity index (χ3v) is 5.28. The molecule has 0 saturated heterocycles. The lowest BCUT2D eigenvalue weighted by Gasteiger charge is -2.15. The first-order valence-corrected chi connectivity index (χ1v) is 10.0. The molecule has 8 heteroatoms. The first kappa shape index (κ1) is 20.4. The van der Waals surface area contributed by atoms with Crippen LogP contribution in [0.4, 0.5) is 5.69 Å². The van der Waals surface area contributed by atoms with Gasteiger partial charge < -0.3 is 10.4 Å². The number of benzene rings is 2. The van der Waals surface area contributed by atoms with Crippen molar-refractivity contribution >= 4 is 27.6 Å². The molecule has 0 aliphatic carbocycles. The zero-order chi connectivity index (χ0) is 19.9. The smallest absolute Gasteiger partial charge is 0.326 e. The Morgan fingerprint density at radius 2 is 1.78 bits per heavy atom. The molecule has 0 heterocycles. The Kier molecular flexibility index (Phi) is 6.95. The van der Waals surface area contributed by atoms with Crippen molar-refractivity contribution in [2.24, 2.45) is 0 Å². The number of nitrogens with one attached hydrogen (secondary N) is 2. The largest absolute Gasteiger partial charge is 0.480 e. The van der Waals surface area contributed by atoms with Crippen LogP contribution in [0.1, 0.15) is 36.5 Å². The number of rotatable bonds is 9. The normalized spacial score (nSPS) is 12.2. The number of hydrogen-bond donors (Lipinski definition) is 3. The minimum atomic E-state index is -3.78. The van der Waals surface area contributed by atoms with E-state index < -0.39 is 27.9 Å². The van der Waals surface area contributed by atoms with E-state index in [2.05, 4.69) is 10.0 Å². The molecule has 2 aromatic rings. The first-order chi connectivity index (χ1) is 12.8. The lowest BCUT2D eigenvalue weighted by molar-refractivity contribution is -0.139. The van der Waals surface area contributed by atoms with Gasteiger partial charge in [0.05, 0.1) is 4.90 Å². The summed E-state index contributed by atoms with van der Waals surface area (Å²) in [6.45, 7) is 1.93. The third kappa shape index (κ3) is 5.82. The Balaban J connectivity index is 2.14. The van der Waals surface area contributed by atoms with Crippen molar-refractivity contribution in [2.75, 3.05) is 4.72 Å². The lowest BCUT2D eigenvalue weighted by Crippen LogP contribution is -2.40. The van der Waals surface area contributed by atoms with Gasteiger partial charge in [-0.05, 0) is 36.8 Å². The zero-order valence-corrected chi connectivity index (χ0v) is 15.7. The highest BCUT2D eigenvalue weighted by molar-refractivity contribution is 7.92. The number of anilines is 1. The molecule has 0 unspecified atom stereocenters. The van der Waals surface area contributed by atoms with Gasteiger partial charge in [-0.2, -0.15) is 0 Å². The SMILES string of the molecule is CCCC[C@H](NC(=O)c1cccc(NS(=O)(=O)c2ccccc2)c1)C(=O)O. The molecular formula is C19H22N2O5S. The van der Waals surface area contributed by atoms with Crippen LogP contribution in [0, 0.1) is 0 Å². The molecule has 0 aromatic heterocycles. The van der Waals surface area contributed by atoms with E-state index in [1.807, 2.05) is 6.92 Å². The molecule has 0 radical (unpaired) electrons. The average molecular weight is 390 g/mol. The Hall–Kier alpha value is -2.87. The average Bonchev–Trinajstić information content (AvgIpc) is 2.65. The second-order valence-electron chi connectivity index (χ2n) is 6.01. The number of carboxylic acids is 1.